The van der Waals surface area contributed by atoms with E-state index in [1.54, 1.807) is 19.2 Å². The lowest BCUT2D eigenvalue weighted by Crippen LogP contribution is -2.28. The highest BCUT2D eigenvalue weighted by Crippen LogP contribution is 2.11. The fraction of sp³-hybridized carbons (Fsp3) is 0.533. The van der Waals surface area contributed by atoms with Crippen LogP contribution in [0.3, 0.4) is 0 Å². The molecule has 0 aliphatic rings. The Balaban J connectivity index is 2.71. The van der Waals surface area contributed by atoms with Gasteiger partial charge in [0.25, 0.3) is 5.91 Å². The molecule has 0 spiro atoms. The molecule has 0 saturated heterocycles. The third-order valence-corrected chi connectivity index (χ3v) is 4.53. The van der Waals surface area contributed by atoms with Crippen molar-refractivity contribution < 1.29 is 17.9 Å². The monoisotopic (exact) mass is 328 g/mol. The molecule has 1 aromatic rings. The quantitative estimate of drug-likeness (QED) is 0.638. The molecule has 7 heteroatoms. The van der Waals surface area contributed by atoms with Crippen molar-refractivity contribution in [2.75, 3.05) is 26.8 Å². The molecule has 0 radical (unpaired) electrons. The number of hydrogen-bond acceptors (Lipinski definition) is 4. The first kappa shape index (κ1) is 18.6. The lowest BCUT2D eigenvalue weighted by molar-refractivity contribution is 0.0937. The van der Waals surface area contributed by atoms with Crippen molar-refractivity contribution in [2.24, 2.45) is 0 Å². The Hall–Kier alpha value is -1.44. The number of sulfonamides is 1. The molecule has 0 fully saturated rings. The normalized spacial score (nSPS) is 11.4. The molecule has 0 heterocycles. The molecule has 0 bridgehead atoms. The van der Waals surface area contributed by atoms with Crippen LogP contribution in [0.15, 0.2) is 29.2 Å². The van der Waals surface area contributed by atoms with Crippen molar-refractivity contribution in [3.63, 3.8) is 0 Å². The Labute approximate surface area is 132 Å². The first-order valence-corrected chi connectivity index (χ1v) is 8.86. The second-order valence-corrected chi connectivity index (χ2v) is 6.65. The summed E-state index contributed by atoms with van der Waals surface area (Å²) in [6.07, 6.45) is 2.80. The van der Waals surface area contributed by atoms with Crippen LogP contribution in [0.4, 0.5) is 0 Å². The summed E-state index contributed by atoms with van der Waals surface area (Å²) in [7, 11) is -2.03. The SMILES string of the molecule is CCCCCNS(=O)(=O)c1cccc(C(=O)NCCOC)c1. The first-order valence-electron chi connectivity index (χ1n) is 7.38. The number of methoxy groups -OCH3 is 1. The zero-order valence-corrected chi connectivity index (χ0v) is 13.9. The van der Waals surface area contributed by atoms with E-state index < -0.39 is 10.0 Å². The summed E-state index contributed by atoms with van der Waals surface area (Å²) in [6.45, 7) is 3.24. The fourth-order valence-electron chi connectivity index (χ4n) is 1.84. The average molecular weight is 328 g/mol. The predicted octanol–water partition coefficient (Wildman–Crippen LogP) is 1.53. The smallest absolute Gasteiger partial charge is 0.251 e. The van der Waals surface area contributed by atoms with Crippen LogP contribution in [-0.2, 0) is 14.8 Å². The maximum Gasteiger partial charge on any atom is 0.251 e. The number of carbonyl (C=O) groups is 1. The summed E-state index contributed by atoms with van der Waals surface area (Å²) < 4.78 is 31.7. The van der Waals surface area contributed by atoms with Crippen molar-refractivity contribution >= 4 is 15.9 Å². The third-order valence-electron chi connectivity index (χ3n) is 3.07. The number of rotatable bonds is 10. The Bertz CT molecular complexity index is 573. The molecule has 0 aliphatic heterocycles. The van der Waals surface area contributed by atoms with Gasteiger partial charge in [0.15, 0.2) is 0 Å². The Morgan fingerprint density at radius 2 is 2.00 bits per heavy atom. The van der Waals surface area contributed by atoms with Crippen molar-refractivity contribution in [1.29, 1.82) is 0 Å². The van der Waals surface area contributed by atoms with Gasteiger partial charge in [-0.1, -0.05) is 25.8 Å². The molecule has 6 nitrogen and oxygen atoms in total. The molecule has 0 atom stereocenters. The van der Waals surface area contributed by atoms with Crippen LogP contribution in [0.1, 0.15) is 36.5 Å². The lowest BCUT2D eigenvalue weighted by Gasteiger charge is -2.09. The van der Waals surface area contributed by atoms with E-state index >= 15 is 0 Å². The van der Waals surface area contributed by atoms with Crippen LogP contribution in [0, 0.1) is 0 Å². The highest BCUT2D eigenvalue weighted by atomic mass is 32.2. The second-order valence-electron chi connectivity index (χ2n) is 4.88. The van der Waals surface area contributed by atoms with Crippen molar-refractivity contribution in [2.45, 2.75) is 31.1 Å². The molecule has 0 aromatic heterocycles. The zero-order chi connectivity index (χ0) is 16.4. The van der Waals surface area contributed by atoms with Crippen molar-refractivity contribution in [1.82, 2.24) is 10.0 Å². The number of carbonyl (C=O) groups excluding carboxylic acids is 1. The topological polar surface area (TPSA) is 84.5 Å². The predicted molar refractivity (Wildman–Crippen MR) is 85.4 cm³/mol. The van der Waals surface area contributed by atoms with Gasteiger partial charge in [0.2, 0.25) is 10.0 Å². The molecule has 1 rings (SSSR count). The van der Waals surface area contributed by atoms with Crippen molar-refractivity contribution in [3.05, 3.63) is 29.8 Å². The number of nitrogens with one attached hydrogen (secondary N) is 2. The minimum atomic E-state index is -3.58. The van der Waals surface area contributed by atoms with Gasteiger partial charge in [-0.05, 0) is 24.6 Å². The number of benzene rings is 1. The number of amides is 1. The van der Waals surface area contributed by atoms with Crippen LogP contribution < -0.4 is 10.0 Å². The molecule has 22 heavy (non-hydrogen) atoms. The Kier molecular flexibility index (Phi) is 8.08. The fourth-order valence-corrected chi connectivity index (χ4v) is 2.96. The highest BCUT2D eigenvalue weighted by Gasteiger charge is 2.15. The van der Waals surface area contributed by atoms with Gasteiger partial charge in [0, 0.05) is 25.8 Å². The summed E-state index contributed by atoms with van der Waals surface area (Å²) >= 11 is 0. The third kappa shape index (κ3) is 6.13. The van der Waals surface area contributed by atoms with E-state index in [1.165, 1.54) is 12.1 Å². The maximum absolute atomic E-state index is 12.2. The summed E-state index contributed by atoms with van der Waals surface area (Å²) in [4.78, 5) is 12.0. The van der Waals surface area contributed by atoms with E-state index in [1.807, 2.05) is 0 Å². The van der Waals surface area contributed by atoms with E-state index in [0.717, 1.165) is 19.3 Å². The van der Waals surface area contributed by atoms with Crippen molar-refractivity contribution in [3.8, 4) is 0 Å². The largest absolute Gasteiger partial charge is 0.383 e. The molecule has 0 unspecified atom stereocenters. The van der Waals surface area contributed by atoms with Crippen LogP contribution in [-0.4, -0.2) is 41.1 Å². The molecule has 0 saturated carbocycles. The van der Waals surface area contributed by atoms with Gasteiger partial charge in [-0.25, -0.2) is 13.1 Å². The molecule has 1 aromatic carbocycles. The van der Waals surface area contributed by atoms with Crippen LogP contribution in [0.2, 0.25) is 0 Å². The van der Waals surface area contributed by atoms with Crippen LogP contribution in [0.25, 0.3) is 0 Å². The molecule has 2 N–H and O–H groups in total. The highest BCUT2D eigenvalue weighted by molar-refractivity contribution is 7.89. The Morgan fingerprint density at radius 3 is 2.68 bits per heavy atom. The average Bonchev–Trinajstić information content (AvgIpc) is 2.52. The molecular formula is C15H24N2O4S. The maximum atomic E-state index is 12.2. The van der Waals surface area contributed by atoms with Crippen LogP contribution >= 0.6 is 0 Å². The Morgan fingerprint density at radius 1 is 1.23 bits per heavy atom. The number of unbranched alkanes of at least 4 members (excludes halogenated alkanes) is 2. The van der Waals surface area contributed by atoms with E-state index in [0.29, 0.717) is 25.3 Å². The van der Waals surface area contributed by atoms with Gasteiger partial charge in [-0.2, -0.15) is 0 Å². The van der Waals surface area contributed by atoms with Gasteiger partial charge in [-0.15, -0.1) is 0 Å². The van der Waals surface area contributed by atoms with Gasteiger partial charge in [-0.3, -0.25) is 4.79 Å². The number of hydrogen-bond donors (Lipinski definition) is 2. The molecular weight excluding hydrogens is 304 g/mol. The van der Waals surface area contributed by atoms with Gasteiger partial charge < -0.3 is 10.1 Å². The summed E-state index contributed by atoms with van der Waals surface area (Å²) in [6, 6.07) is 6.00. The lowest BCUT2D eigenvalue weighted by atomic mass is 10.2. The summed E-state index contributed by atoms with van der Waals surface area (Å²) in [5, 5.41) is 2.66. The molecule has 1 amide bonds. The first-order chi connectivity index (χ1) is 10.5. The van der Waals surface area contributed by atoms with Gasteiger partial charge in [0.05, 0.1) is 11.5 Å². The van der Waals surface area contributed by atoms with Crippen LogP contribution in [0.5, 0.6) is 0 Å². The second kappa shape index (κ2) is 9.55. The minimum absolute atomic E-state index is 0.100. The summed E-state index contributed by atoms with van der Waals surface area (Å²) in [5.41, 5.74) is 0.313. The van der Waals surface area contributed by atoms with E-state index in [-0.39, 0.29) is 10.8 Å². The zero-order valence-electron chi connectivity index (χ0n) is 13.1. The van der Waals surface area contributed by atoms with E-state index in [2.05, 4.69) is 17.0 Å². The van der Waals surface area contributed by atoms with E-state index in [9.17, 15) is 13.2 Å². The van der Waals surface area contributed by atoms with E-state index in [4.69, 9.17) is 4.74 Å². The molecule has 124 valence electrons. The standard InChI is InChI=1S/C15H24N2O4S/c1-3-4-5-9-17-22(19,20)14-8-6-7-13(12-14)15(18)16-10-11-21-2/h6-8,12,17H,3-5,9-11H2,1-2H3,(H,16,18). The van der Waals surface area contributed by atoms with Gasteiger partial charge >= 0.3 is 0 Å². The van der Waals surface area contributed by atoms with Gasteiger partial charge in [0.1, 0.15) is 0 Å². The minimum Gasteiger partial charge on any atom is -0.383 e. The number of ether oxygens (including phenoxy) is 1. The summed E-state index contributed by atoms with van der Waals surface area (Å²) in [5.74, 6) is -0.319. The molecule has 0 aliphatic carbocycles.